The van der Waals surface area contributed by atoms with Crippen molar-refractivity contribution in [2.24, 2.45) is 0 Å². The van der Waals surface area contributed by atoms with Crippen LogP contribution in [-0.4, -0.2) is 17.5 Å². The van der Waals surface area contributed by atoms with Crippen LogP contribution in [0.4, 0.5) is 16.2 Å². The molecule has 1 aliphatic rings. The molecule has 0 saturated carbocycles. The van der Waals surface area contributed by atoms with Gasteiger partial charge in [0.25, 0.3) is 5.91 Å². The molecule has 0 bridgehead atoms. The average molecular weight is 233 g/mol. The summed E-state index contributed by atoms with van der Waals surface area (Å²) in [7, 11) is 0. The van der Waals surface area contributed by atoms with Crippen molar-refractivity contribution < 1.29 is 9.59 Å². The van der Waals surface area contributed by atoms with E-state index >= 15 is 0 Å². The van der Waals surface area contributed by atoms with Gasteiger partial charge in [0, 0.05) is 5.69 Å². The van der Waals surface area contributed by atoms with Crippen LogP contribution in [0.25, 0.3) is 0 Å². The first-order valence-corrected chi connectivity index (χ1v) is 5.50. The second-order valence-corrected chi connectivity index (χ2v) is 4.35. The summed E-state index contributed by atoms with van der Waals surface area (Å²) in [5.41, 5.74) is 5.86. The fourth-order valence-electron chi connectivity index (χ4n) is 1.82. The highest BCUT2D eigenvalue weighted by Crippen LogP contribution is 2.27. The fraction of sp³-hybridized carbons (Fsp3) is 0.333. The number of nitrogens with zero attached hydrogens (tertiary/aromatic N) is 1. The second kappa shape index (κ2) is 3.76. The number of benzene rings is 1. The summed E-state index contributed by atoms with van der Waals surface area (Å²) >= 11 is 0. The smallest absolute Gasteiger partial charge is 0.329 e. The van der Waals surface area contributed by atoms with Crippen molar-refractivity contribution in [2.45, 2.75) is 25.8 Å². The number of urea groups is 1. The van der Waals surface area contributed by atoms with Crippen LogP contribution in [-0.2, 0) is 4.79 Å². The number of hydrogen-bond donors (Lipinski definition) is 2. The third-order valence-corrected chi connectivity index (χ3v) is 3.10. The summed E-state index contributed by atoms with van der Waals surface area (Å²) in [6, 6.07) is 6.33. The molecule has 5 heteroatoms. The SMILES string of the molecule is CCC1(C)NC(=O)N(c2cccc(N)c2)C1=O. The van der Waals surface area contributed by atoms with Crippen LogP contribution in [0.3, 0.4) is 0 Å². The van der Waals surface area contributed by atoms with Crippen molar-refractivity contribution in [3.8, 4) is 0 Å². The number of nitrogens with one attached hydrogen (secondary N) is 1. The number of nitrogen functional groups attached to an aromatic ring is 1. The van der Waals surface area contributed by atoms with Crippen LogP contribution in [0.2, 0.25) is 0 Å². The molecule has 90 valence electrons. The van der Waals surface area contributed by atoms with Crippen molar-refractivity contribution in [2.75, 3.05) is 10.6 Å². The van der Waals surface area contributed by atoms with Crippen molar-refractivity contribution in [1.29, 1.82) is 0 Å². The Balaban J connectivity index is 2.41. The van der Waals surface area contributed by atoms with E-state index in [4.69, 9.17) is 5.73 Å². The Morgan fingerprint density at radius 2 is 2.12 bits per heavy atom. The highest BCUT2D eigenvalue weighted by molar-refractivity contribution is 6.23. The van der Waals surface area contributed by atoms with Crippen LogP contribution in [0.15, 0.2) is 24.3 Å². The lowest BCUT2D eigenvalue weighted by Crippen LogP contribution is -2.43. The molecule has 2 rings (SSSR count). The van der Waals surface area contributed by atoms with Crippen LogP contribution in [0, 0.1) is 0 Å². The number of nitrogens with two attached hydrogens (primary N) is 1. The standard InChI is InChI=1S/C12H15N3O2/c1-3-12(2)10(16)15(11(17)14-12)9-6-4-5-8(13)7-9/h4-7H,3,13H2,1-2H3,(H,14,17). The summed E-state index contributed by atoms with van der Waals surface area (Å²) in [5.74, 6) is -0.240. The lowest BCUT2D eigenvalue weighted by molar-refractivity contribution is -0.121. The quantitative estimate of drug-likeness (QED) is 0.600. The fourth-order valence-corrected chi connectivity index (χ4v) is 1.82. The number of carbonyl (C=O) groups is 2. The number of anilines is 2. The average Bonchev–Trinajstić information content (AvgIpc) is 2.50. The lowest BCUT2D eigenvalue weighted by Gasteiger charge is -2.19. The van der Waals surface area contributed by atoms with Crippen molar-refractivity contribution >= 4 is 23.3 Å². The number of hydrogen-bond acceptors (Lipinski definition) is 3. The van der Waals surface area contributed by atoms with Gasteiger partial charge in [-0.25, -0.2) is 9.69 Å². The summed E-state index contributed by atoms with van der Waals surface area (Å²) in [6.45, 7) is 3.58. The highest BCUT2D eigenvalue weighted by atomic mass is 16.2. The van der Waals surface area contributed by atoms with Crippen LogP contribution >= 0.6 is 0 Å². The molecule has 1 aromatic carbocycles. The number of amides is 3. The van der Waals surface area contributed by atoms with E-state index in [1.807, 2.05) is 6.92 Å². The van der Waals surface area contributed by atoms with Crippen molar-refractivity contribution in [1.82, 2.24) is 5.32 Å². The van der Waals surface area contributed by atoms with Gasteiger partial charge < -0.3 is 11.1 Å². The first kappa shape index (κ1) is 11.4. The molecule has 3 amide bonds. The molecule has 1 unspecified atom stereocenters. The molecule has 3 N–H and O–H groups in total. The van der Waals surface area contributed by atoms with E-state index < -0.39 is 11.6 Å². The zero-order valence-corrected chi connectivity index (χ0v) is 9.86. The van der Waals surface area contributed by atoms with Gasteiger partial charge in [-0.3, -0.25) is 4.79 Å². The van der Waals surface area contributed by atoms with Crippen molar-refractivity contribution in [3.63, 3.8) is 0 Å². The van der Waals surface area contributed by atoms with Crippen LogP contribution in [0.1, 0.15) is 20.3 Å². The molecule has 1 atom stereocenters. The lowest BCUT2D eigenvalue weighted by atomic mass is 9.99. The second-order valence-electron chi connectivity index (χ2n) is 4.35. The molecule has 0 aromatic heterocycles. The minimum Gasteiger partial charge on any atom is -0.399 e. The number of imide groups is 1. The molecule has 5 nitrogen and oxygen atoms in total. The van der Waals surface area contributed by atoms with Gasteiger partial charge in [-0.05, 0) is 31.5 Å². The van der Waals surface area contributed by atoms with Gasteiger partial charge >= 0.3 is 6.03 Å². The van der Waals surface area contributed by atoms with Crippen molar-refractivity contribution in [3.05, 3.63) is 24.3 Å². The Labute approximate surface area is 99.6 Å². The molecule has 0 aliphatic carbocycles. The zero-order chi connectivity index (χ0) is 12.6. The molecule has 1 heterocycles. The molecule has 0 spiro atoms. The Kier molecular flexibility index (Phi) is 2.53. The molecule has 1 aliphatic heterocycles. The number of rotatable bonds is 2. The van der Waals surface area contributed by atoms with E-state index in [0.717, 1.165) is 4.90 Å². The Morgan fingerprint density at radius 1 is 1.41 bits per heavy atom. The first-order valence-electron chi connectivity index (χ1n) is 5.50. The third-order valence-electron chi connectivity index (χ3n) is 3.10. The molecule has 1 saturated heterocycles. The predicted molar refractivity (Wildman–Crippen MR) is 65.6 cm³/mol. The van der Waals surface area contributed by atoms with Crippen LogP contribution in [0.5, 0.6) is 0 Å². The predicted octanol–water partition coefficient (Wildman–Crippen LogP) is 1.49. The molecular formula is C12H15N3O2. The van der Waals surface area contributed by atoms with Crippen LogP contribution < -0.4 is 16.0 Å². The maximum atomic E-state index is 12.2. The normalized spacial score (nSPS) is 24.0. The van der Waals surface area contributed by atoms with Gasteiger partial charge in [0.05, 0.1) is 5.69 Å². The number of carbonyl (C=O) groups excluding carboxylic acids is 2. The largest absolute Gasteiger partial charge is 0.399 e. The van der Waals surface area contributed by atoms with Gasteiger partial charge in [0.2, 0.25) is 0 Å². The van der Waals surface area contributed by atoms with Gasteiger partial charge in [-0.1, -0.05) is 13.0 Å². The Morgan fingerprint density at radius 3 is 2.65 bits per heavy atom. The van der Waals surface area contributed by atoms with E-state index in [9.17, 15) is 9.59 Å². The Hall–Kier alpha value is -2.04. The molecule has 1 fully saturated rings. The Bertz CT molecular complexity index is 486. The van der Waals surface area contributed by atoms with E-state index in [2.05, 4.69) is 5.32 Å². The van der Waals surface area contributed by atoms with Gasteiger partial charge in [0.15, 0.2) is 0 Å². The van der Waals surface area contributed by atoms with E-state index in [0.29, 0.717) is 17.8 Å². The zero-order valence-electron chi connectivity index (χ0n) is 9.86. The first-order chi connectivity index (χ1) is 7.98. The minimum atomic E-state index is -0.818. The van der Waals surface area contributed by atoms with E-state index in [1.54, 1.807) is 31.2 Å². The molecule has 17 heavy (non-hydrogen) atoms. The van der Waals surface area contributed by atoms with Gasteiger partial charge in [0.1, 0.15) is 5.54 Å². The third kappa shape index (κ3) is 1.73. The summed E-state index contributed by atoms with van der Waals surface area (Å²) in [6.07, 6.45) is 0.552. The molecular weight excluding hydrogens is 218 g/mol. The summed E-state index contributed by atoms with van der Waals surface area (Å²) in [4.78, 5) is 25.1. The van der Waals surface area contributed by atoms with E-state index in [1.165, 1.54) is 0 Å². The minimum absolute atomic E-state index is 0.240. The maximum Gasteiger partial charge on any atom is 0.329 e. The summed E-state index contributed by atoms with van der Waals surface area (Å²) < 4.78 is 0. The summed E-state index contributed by atoms with van der Waals surface area (Å²) in [5, 5.41) is 2.69. The van der Waals surface area contributed by atoms with Gasteiger partial charge in [-0.2, -0.15) is 0 Å². The maximum absolute atomic E-state index is 12.2. The molecule has 0 radical (unpaired) electrons. The monoisotopic (exact) mass is 233 g/mol. The van der Waals surface area contributed by atoms with E-state index in [-0.39, 0.29) is 5.91 Å². The topological polar surface area (TPSA) is 75.4 Å². The molecule has 1 aromatic rings. The van der Waals surface area contributed by atoms with Gasteiger partial charge in [-0.15, -0.1) is 0 Å². The highest BCUT2D eigenvalue weighted by Gasteiger charge is 2.47.